The summed E-state index contributed by atoms with van der Waals surface area (Å²) in [6.45, 7) is 1.71. The number of nitrogens with one attached hydrogen (secondary N) is 1. The van der Waals surface area contributed by atoms with E-state index in [1.807, 2.05) is 42.5 Å². The van der Waals surface area contributed by atoms with Crippen LogP contribution in [-0.4, -0.2) is 22.1 Å². The molecule has 0 aliphatic rings. The number of halogens is 1. The van der Waals surface area contributed by atoms with E-state index in [2.05, 4.69) is 5.32 Å². The van der Waals surface area contributed by atoms with E-state index in [9.17, 15) is 8.42 Å². The molecule has 0 heterocycles. The Hall–Kier alpha value is -2.58. The van der Waals surface area contributed by atoms with Gasteiger partial charge in [0.1, 0.15) is 6.61 Å². The molecule has 0 saturated carbocycles. The van der Waals surface area contributed by atoms with E-state index in [1.165, 1.54) is 12.1 Å². The number of hydrogen-bond acceptors (Lipinski definition) is 5. The van der Waals surface area contributed by atoms with Gasteiger partial charge in [0, 0.05) is 6.54 Å². The molecule has 3 N–H and O–H groups in total. The lowest BCUT2D eigenvalue weighted by atomic mass is 10.1. The standard InChI is InChI=1S/C23H25ClN2O4S/c1-29-22-14-19(13-21(24)23(22)30-16-18-5-3-2-4-6-18)15-26-12-11-17-7-9-20(10-8-17)31(25,27)28/h2-10,13-14,26H,11-12,15-16H2,1H3,(H2,25,27,28). The van der Waals surface area contributed by atoms with E-state index in [-0.39, 0.29) is 4.90 Å². The van der Waals surface area contributed by atoms with Gasteiger partial charge in [-0.2, -0.15) is 0 Å². The van der Waals surface area contributed by atoms with Crippen LogP contribution < -0.4 is 19.9 Å². The number of nitrogens with two attached hydrogens (primary N) is 1. The lowest BCUT2D eigenvalue weighted by Crippen LogP contribution is -2.17. The quantitative estimate of drug-likeness (QED) is 0.448. The molecule has 0 atom stereocenters. The van der Waals surface area contributed by atoms with Gasteiger partial charge in [-0.1, -0.05) is 54.1 Å². The Morgan fingerprint density at radius 1 is 0.968 bits per heavy atom. The molecule has 3 aromatic carbocycles. The van der Waals surface area contributed by atoms with Crippen molar-refractivity contribution in [3.63, 3.8) is 0 Å². The molecule has 0 aromatic heterocycles. The van der Waals surface area contributed by atoms with Crippen LogP contribution in [-0.2, 0) is 29.6 Å². The first kappa shape index (κ1) is 23.1. The number of ether oxygens (including phenoxy) is 2. The molecular formula is C23H25ClN2O4S. The third-order valence-corrected chi connectivity index (χ3v) is 5.90. The van der Waals surface area contributed by atoms with E-state index in [1.54, 1.807) is 19.2 Å². The van der Waals surface area contributed by atoms with Gasteiger partial charge >= 0.3 is 0 Å². The number of methoxy groups -OCH3 is 1. The van der Waals surface area contributed by atoms with Crippen molar-refractivity contribution >= 4 is 21.6 Å². The maximum atomic E-state index is 11.3. The predicted octanol–water partition coefficient (Wildman–Crippen LogP) is 3.91. The number of benzene rings is 3. The smallest absolute Gasteiger partial charge is 0.238 e. The summed E-state index contributed by atoms with van der Waals surface area (Å²) >= 11 is 6.45. The Bertz CT molecular complexity index is 1100. The van der Waals surface area contributed by atoms with Crippen molar-refractivity contribution in [2.24, 2.45) is 5.14 Å². The van der Waals surface area contributed by atoms with E-state index < -0.39 is 10.0 Å². The van der Waals surface area contributed by atoms with Crippen molar-refractivity contribution in [1.82, 2.24) is 5.32 Å². The van der Waals surface area contributed by atoms with Crippen molar-refractivity contribution in [1.29, 1.82) is 0 Å². The summed E-state index contributed by atoms with van der Waals surface area (Å²) in [5, 5.41) is 8.96. The van der Waals surface area contributed by atoms with Crippen LogP contribution in [0.2, 0.25) is 5.02 Å². The molecular weight excluding hydrogens is 436 g/mol. The van der Waals surface area contributed by atoms with Gasteiger partial charge in [-0.3, -0.25) is 0 Å². The first-order valence-electron chi connectivity index (χ1n) is 9.72. The average molecular weight is 461 g/mol. The fourth-order valence-electron chi connectivity index (χ4n) is 3.06. The largest absolute Gasteiger partial charge is 0.493 e. The molecule has 0 amide bonds. The maximum Gasteiger partial charge on any atom is 0.238 e. The van der Waals surface area contributed by atoms with Crippen LogP contribution in [0, 0.1) is 0 Å². The van der Waals surface area contributed by atoms with Crippen LogP contribution in [0.15, 0.2) is 71.6 Å². The second kappa shape index (κ2) is 10.6. The second-order valence-corrected chi connectivity index (χ2v) is 8.97. The Labute approximate surface area is 188 Å². The molecule has 0 aliphatic heterocycles. The molecule has 0 unspecified atom stereocenters. The minimum absolute atomic E-state index is 0.112. The Kier molecular flexibility index (Phi) is 7.92. The monoisotopic (exact) mass is 460 g/mol. The normalized spacial score (nSPS) is 11.3. The molecule has 3 aromatic rings. The highest BCUT2D eigenvalue weighted by atomic mass is 35.5. The zero-order chi connectivity index (χ0) is 22.3. The molecule has 0 spiro atoms. The van der Waals surface area contributed by atoms with Crippen molar-refractivity contribution < 1.29 is 17.9 Å². The fraction of sp³-hybridized carbons (Fsp3) is 0.217. The molecule has 0 aliphatic carbocycles. The number of sulfonamides is 1. The summed E-state index contributed by atoms with van der Waals surface area (Å²) in [4.78, 5) is 0.112. The number of hydrogen-bond donors (Lipinski definition) is 2. The average Bonchev–Trinajstić information content (AvgIpc) is 2.76. The zero-order valence-corrected chi connectivity index (χ0v) is 18.7. The molecule has 31 heavy (non-hydrogen) atoms. The van der Waals surface area contributed by atoms with Crippen molar-refractivity contribution in [3.8, 4) is 11.5 Å². The highest BCUT2D eigenvalue weighted by Crippen LogP contribution is 2.37. The zero-order valence-electron chi connectivity index (χ0n) is 17.2. The first-order valence-corrected chi connectivity index (χ1v) is 11.6. The minimum atomic E-state index is -3.67. The van der Waals surface area contributed by atoms with Gasteiger partial charge in [-0.25, -0.2) is 13.6 Å². The summed E-state index contributed by atoms with van der Waals surface area (Å²) in [6, 6.07) is 20.2. The Balaban J connectivity index is 1.55. The van der Waals surface area contributed by atoms with Crippen LogP contribution in [0.5, 0.6) is 11.5 Å². The molecule has 0 bridgehead atoms. The lowest BCUT2D eigenvalue weighted by molar-refractivity contribution is 0.284. The first-order chi connectivity index (χ1) is 14.9. The van der Waals surface area contributed by atoms with Crippen molar-refractivity contribution in [2.45, 2.75) is 24.5 Å². The van der Waals surface area contributed by atoms with E-state index >= 15 is 0 Å². The predicted molar refractivity (Wildman–Crippen MR) is 122 cm³/mol. The van der Waals surface area contributed by atoms with Crippen LogP contribution in [0.4, 0.5) is 0 Å². The minimum Gasteiger partial charge on any atom is -0.493 e. The van der Waals surface area contributed by atoms with Crippen LogP contribution in [0.1, 0.15) is 16.7 Å². The highest BCUT2D eigenvalue weighted by molar-refractivity contribution is 7.89. The molecule has 6 nitrogen and oxygen atoms in total. The number of primary sulfonamides is 1. The molecule has 8 heteroatoms. The van der Waals surface area contributed by atoms with Crippen LogP contribution >= 0.6 is 11.6 Å². The van der Waals surface area contributed by atoms with Gasteiger partial charge < -0.3 is 14.8 Å². The summed E-state index contributed by atoms with van der Waals surface area (Å²) in [7, 11) is -2.08. The third-order valence-electron chi connectivity index (χ3n) is 4.69. The van der Waals surface area contributed by atoms with Crippen molar-refractivity contribution in [2.75, 3.05) is 13.7 Å². The van der Waals surface area contributed by atoms with Gasteiger partial charge in [0.05, 0.1) is 17.0 Å². The second-order valence-electron chi connectivity index (χ2n) is 7.00. The summed E-state index contributed by atoms with van der Waals surface area (Å²) in [5.74, 6) is 1.10. The van der Waals surface area contributed by atoms with E-state index in [0.717, 1.165) is 23.1 Å². The van der Waals surface area contributed by atoms with E-state index in [0.29, 0.717) is 36.2 Å². The number of rotatable bonds is 10. The SMILES string of the molecule is COc1cc(CNCCc2ccc(S(N)(=O)=O)cc2)cc(Cl)c1OCc1ccccc1. The fourth-order valence-corrected chi connectivity index (χ4v) is 3.86. The summed E-state index contributed by atoms with van der Waals surface area (Å²) in [6.07, 6.45) is 0.744. The molecule has 0 radical (unpaired) electrons. The third kappa shape index (κ3) is 6.70. The van der Waals surface area contributed by atoms with Crippen LogP contribution in [0.25, 0.3) is 0 Å². The van der Waals surface area contributed by atoms with Gasteiger partial charge in [-0.15, -0.1) is 0 Å². The Morgan fingerprint density at radius 3 is 2.32 bits per heavy atom. The van der Waals surface area contributed by atoms with Gasteiger partial charge in [0.2, 0.25) is 10.0 Å². The molecule has 164 valence electrons. The van der Waals surface area contributed by atoms with Gasteiger partial charge in [-0.05, 0) is 53.9 Å². The topological polar surface area (TPSA) is 90.6 Å². The lowest BCUT2D eigenvalue weighted by Gasteiger charge is -2.15. The molecule has 0 fully saturated rings. The summed E-state index contributed by atoms with van der Waals surface area (Å²) in [5.41, 5.74) is 3.03. The van der Waals surface area contributed by atoms with Crippen LogP contribution in [0.3, 0.4) is 0 Å². The van der Waals surface area contributed by atoms with E-state index in [4.69, 9.17) is 26.2 Å². The molecule has 3 rings (SSSR count). The maximum absolute atomic E-state index is 11.3. The summed E-state index contributed by atoms with van der Waals surface area (Å²) < 4.78 is 34.0. The molecule has 0 saturated heterocycles. The van der Waals surface area contributed by atoms with Gasteiger partial charge in [0.15, 0.2) is 11.5 Å². The van der Waals surface area contributed by atoms with Crippen molar-refractivity contribution in [3.05, 3.63) is 88.4 Å². The Morgan fingerprint density at radius 2 is 1.68 bits per heavy atom. The highest BCUT2D eigenvalue weighted by Gasteiger charge is 2.12. The van der Waals surface area contributed by atoms with Gasteiger partial charge in [0.25, 0.3) is 0 Å².